The third kappa shape index (κ3) is 6.83. The van der Waals surface area contributed by atoms with Crippen LogP contribution in [0, 0.1) is 0 Å². The van der Waals surface area contributed by atoms with Crippen LogP contribution >= 0.6 is 0 Å². The highest BCUT2D eigenvalue weighted by Gasteiger charge is 2.04. The Labute approximate surface area is 145 Å². The van der Waals surface area contributed by atoms with E-state index in [4.69, 9.17) is 0 Å². The summed E-state index contributed by atoms with van der Waals surface area (Å²) in [6.07, 6.45) is 0. The van der Waals surface area contributed by atoms with Crippen LogP contribution in [0.2, 0.25) is 0 Å². The predicted octanol–water partition coefficient (Wildman–Crippen LogP) is 3.56. The first-order valence-corrected chi connectivity index (χ1v) is 8.76. The van der Waals surface area contributed by atoms with Crippen LogP contribution in [0.3, 0.4) is 0 Å². The van der Waals surface area contributed by atoms with Crippen molar-refractivity contribution in [3.05, 3.63) is 60.2 Å². The van der Waals surface area contributed by atoms with Gasteiger partial charge in [0.05, 0.1) is 4.90 Å². The summed E-state index contributed by atoms with van der Waals surface area (Å²) in [5.41, 5.74) is 2.11. The number of benzene rings is 2. The second-order valence-electron chi connectivity index (χ2n) is 5.69. The molecular formula is C18H24N2O3S. The number of carbonyl (C=O) groups is 1. The number of carbonyl (C=O) groups excluding carboxylic acids is 1. The van der Waals surface area contributed by atoms with Gasteiger partial charge in [0.15, 0.2) is 10.7 Å². The third-order valence-corrected chi connectivity index (χ3v) is 3.92. The SMILES string of the molecule is CC(C)c1ccc(NC(=O)N(C)C)cc1.O=[SH](=O)c1ccccc1. The number of amides is 2. The molecule has 0 saturated carbocycles. The van der Waals surface area contributed by atoms with Gasteiger partial charge in [0.1, 0.15) is 0 Å². The fraction of sp³-hybridized carbons (Fsp3) is 0.278. The van der Waals surface area contributed by atoms with E-state index in [1.165, 1.54) is 10.5 Å². The van der Waals surface area contributed by atoms with Gasteiger partial charge >= 0.3 is 6.03 Å². The Morgan fingerprint density at radius 2 is 1.50 bits per heavy atom. The number of nitrogens with zero attached hydrogens (tertiary/aromatic N) is 1. The molecule has 2 amide bonds. The molecule has 0 aromatic heterocycles. The number of urea groups is 1. The van der Waals surface area contributed by atoms with E-state index in [-0.39, 0.29) is 6.03 Å². The van der Waals surface area contributed by atoms with Crippen LogP contribution in [0.4, 0.5) is 10.5 Å². The molecular weight excluding hydrogens is 324 g/mol. The van der Waals surface area contributed by atoms with Gasteiger partial charge in [0, 0.05) is 19.8 Å². The zero-order valence-electron chi connectivity index (χ0n) is 14.4. The number of hydrogen-bond donors (Lipinski definition) is 2. The van der Waals surface area contributed by atoms with Crippen molar-refractivity contribution in [3.8, 4) is 0 Å². The molecule has 0 heterocycles. The molecule has 0 bridgehead atoms. The summed E-state index contributed by atoms with van der Waals surface area (Å²) in [7, 11) is 1.04. The van der Waals surface area contributed by atoms with E-state index in [0.29, 0.717) is 10.8 Å². The molecule has 0 spiro atoms. The van der Waals surface area contributed by atoms with Crippen molar-refractivity contribution < 1.29 is 13.2 Å². The van der Waals surface area contributed by atoms with E-state index in [2.05, 4.69) is 19.2 Å². The van der Waals surface area contributed by atoms with Gasteiger partial charge < -0.3 is 10.2 Å². The number of anilines is 1. The highest BCUT2D eigenvalue weighted by molar-refractivity contribution is 7.72. The lowest BCUT2D eigenvalue weighted by atomic mass is 10.0. The summed E-state index contributed by atoms with van der Waals surface area (Å²) in [6.45, 7) is 4.29. The quantitative estimate of drug-likeness (QED) is 0.834. The van der Waals surface area contributed by atoms with Crippen molar-refractivity contribution in [2.24, 2.45) is 0 Å². The van der Waals surface area contributed by atoms with Gasteiger partial charge in [-0.15, -0.1) is 0 Å². The molecule has 2 aromatic rings. The molecule has 0 aliphatic rings. The lowest BCUT2D eigenvalue weighted by molar-refractivity contribution is 0.230. The maximum atomic E-state index is 11.3. The molecule has 0 unspecified atom stereocenters. The molecule has 0 aliphatic heterocycles. The van der Waals surface area contributed by atoms with Crippen LogP contribution < -0.4 is 5.32 Å². The van der Waals surface area contributed by atoms with Crippen molar-refractivity contribution in [1.82, 2.24) is 4.90 Å². The van der Waals surface area contributed by atoms with Crippen molar-refractivity contribution in [2.45, 2.75) is 24.7 Å². The van der Waals surface area contributed by atoms with Crippen LogP contribution in [0.25, 0.3) is 0 Å². The van der Waals surface area contributed by atoms with Crippen molar-refractivity contribution in [2.75, 3.05) is 19.4 Å². The molecule has 0 fully saturated rings. The summed E-state index contributed by atoms with van der Waals surface area (Å²) < 4.78 is 20.5. The molecule has 0 radical (unpaired) electrons. The van der Waals surface area contributed by atoms with Crippen molar-refractivity contribution in [3.63, 3.8) is 0 Å². The van der Waals surface area contributed by atoms with Gasteiger partial charge in [-0.3, -0.25) is 0 Å². The van der Waals surface area contributed by atoms with Gasteiger partial charge in [0.2, 0.25) is 0 Å². The zero-order chi connectivity index (χ0) is 18.1. The second kappa shape index (κ2) is 9.72. The molecule has 0 aliphatic carbocycles. The van der Waals surface area contributed by atoms with Crippen LogP contribution in [0.1, 0.15) is 25.3 Å². The topological polar surface area (TPSA) is 66.5 Å². The number of hydrogen-bond acceptors (Lipinski definition) is 3. The second-order valence-corrected chi connectivity index (χ2v) is 6.72. The van der Waals surface area contributed by atoms with E-state index in [1.807, 2.05) is 24.3 Å². The minimum Gasteiger partial charge on any atom is -0.331 e. The van der Waals surface area contributed by atoms with Gasteiger partial charge in [-0.25, -0.2) is 13.2 Å². The van der Waals surface area contributed by atoms with E-state index >= 15 is 0 Å². The highest BCUT2D eigenvalue weighted by Crippen LogP contribution is 2.17. The number of thiol groups is 1. The van der Waals surface area contributed by atoms with Gasteiger partial charge in [-0.1, -0.05) is 44.2 Å². The first kappa shape index (κ1) is 19.7. The van der Waals surface area contributed by atoms with E-state index in [0.717, 1.165) is 5.69 Å². The number of nitrogens with one attached hydrogen (secondary N) is 1. The summed E-state index contributed by atoms with van der Waals surface area (Å²) in [6, 6.07) is 16.1. The Morgan fingerprint density at radius 1 is 0.958 bits per heavy atom. The van der Waals surface area contributed by atoms with Crippen LogP contribution in [-0.2, 0) is 10.7 Å². The number of rotatable bonds is 3. The van der Waals surface area contributed by atoms with Crippen molar-refractivity contribution >= 4 is 22.4 Å². The van der Waals surface area contributed by atoms with Crippen LogP contribution in [-0.4, -0.2) is 33.4 Å². The standard InChI is InChI=1S/C12H18N2O.C6H6O2S/c1-9(2)10-5-7-11(8-6-10)13-12(15)14(3)4;7-9(8)6-4-2-1-3-5-6/h5-9H,1-4H3,(H,13,15);1-5,9H. The zero-order valence-corrected chi connectivity index (χ0v) is 15.3. The lowest BCUT2D eigenvalue weighted by Gasteiger charge is -2.12. The highest BCUT2D eigenvalue weighted by atomic mass is 32.2. The van der Waals surface area contributed by atoms with Gasteiger partial charge in [-0.05, 0) is 35.7 Å². The van der Waals surface area contributed by atoms with Gasteiger partial charge in [-0.2, -0.15) is 0 Å². The van der Waals surface area contributed by atoms with E-state index in [1.54, 1.807) is 44.4 Å². The normalized spacial score (nSPS) is 10.1. The summed E-state index contributed by atoms with van der Waals surface area (Å²) in [5.74, 6) is 0.517. The Kier molecular flexibility index (Phi) is 7.98. The minimum absolute atomic E-state index is 0.104. The van der Waals surface area contributed by atoms with Crippen molar-refractivity contribution in [1.29, 1.82) is 0 Å². The molecule has 6 heteroatoms. The molecule has 24 heavy (non-hydrogen) atoms. The maximum Gasteiger partial charge on any atom is 0.321 e. The average Bonchev–Trinajstić information content (AvgIpc) is 2.56. The van der Waals surface area contributed by atoms with Gasteiger partial charge in [0.25, 0.3) is 0 Å². The smallest absolute Gasteiger partial charge is 0.321 e. The van der Waals surface area contributed by atoms with Crippen LogP contribution in [0.5, 0.6) is 0 Å². The molecule has 5 nitrogen and oxygen atoms in total. The largest absolute Gasteiger partial charge is 0.331 e. The fourth-order valence-corrected chi connectivity index (χ4v) is 2.15. The Hall–Kier alpha value is -2.34. The Balaban J connectivity index is 0.000000272. The molecule has 130 valence electrons. The van der Waals surface area contributed by atoms with Crippen LogP contribution in [0.15, 0.2) is 59.5 Å². The Morgan fingerprint density at radius 3 is 1.88 bits per heavy atom. The minimum atomic E-state index is -2.40. The molecule has 0 saturated heterocycles. The predicted molar refractivity (Wildman–Crippen MR) is 98.3 cm³/mol. The average molecular weight is 348 g/mol. The van der Waals surface area contributed by atoms with E-state index < -0.39 is 10.7 Å². The van der Waals surface area contributed by atoms with E-state index in [9.17, 15) is 13.2 Å². The molecule has 2 aromatic carbocycles. The first-order chi connectivity index (χ1) is 11.3. The third-order valence-electron chi connectivity index (χ3n) is 3.20. The molecule has 2 rings (SSSR count). The first-order valence-electron chi connectivity index (χ1n) is 7.59. The molecule has 1 N–H and O–H groups in total. The molecule has 0 atom stereocenters. The fourth-order valence-electron chi connectivity index (χ4n) is 1.74. The summed E-state index contributed by atoms with van der Waals surface area (Å²) in [4.78, 5) is 13.2. The Bertz CT molecular complexity index is 701. The summed E-state index contributed by atoms with van der Waals surface area (Å²) in [5, 5.41) is 2.79. The summed E-state index contributed by atoms with van der Waals surface area (Å²) >= 11 is 0. The lowest BCUT2D eigenvalue weighted by Crippen LogP contribution is -2.27. The maximum absolute atomic E-state index is 11.3. The monoisotopic (exact) mass is 348 g/mol.